The van der Waals surface area contributed by atoms with Crippen LogP contribution in [0.1, 0.15) is 30.9 Å². The van der Waals surface area contributed by atoms with Gasteiger partial charge in [-0.05, 0) is 58.7 Å². The summed E-state index contributed by atoms with van der Waals surface area (Å²) in [5.41, 5.74) is 3.02. The van der Waals surface area contributed by atoms with Crippen LogP contribution in [-0.4, -0.2) is 73.7 Å². The fourth-order valence-corrected chi connectivity index (χ4v) is 5.90. The lowest BCUT2D eigenvalue weighted by atomic mass is 10.1. The molecule has 0 bridgehead atoms. The molecule has 3 aromatic rings. The molecule has 0 aliphatic carbocycles. The first-order chi connectivity index (χ1) is 19.1. The van der Waals surface area contributed by atoms with Crippen molar-refractivity contribution in [3.63, 3.8) is 0 Å². The van der Waals surface area contributed by atoms with Crippen molar-refractivity contribution in [2.24, 2.45) is 0 Å². The Kier molecular flexibility index (Phi) is 9.41. The second-order valence-electron chi connectivity index (χ2n) is 9.56. The minimum atomic E-state index is -3.88. The van der Waals surface area contributed by atoms with E-state index in [0.29, 0.717) is 25.3 Å². The molecule has 0 aromatic heterocycles. The van der Waals surface area contributed by atoms with E-state index in [1.54, 1.807) is 6.07 Å². The van der Waals surface area contributed by atoms with Crippen LogP contribution in [0.2, 0.25) is 0 Å². The Bertz CT molecular complexity index is 1480. The lowest BCUT2D eigenvalue weighted by Gasteiger charge is -2.35. The first-order valence-corrected chi connectivity index (χ1v) is 14.5. The van der Waals surface area contributed by atoms with Crippen molar-refractivity contribution < 1.29 is 33.0 Å². The quantitative estimate of drug-likeness (QED) is 0.282. The molecule has 0 radical (unpaired) electrons. The number of ether oxygens (including phenoxy) is 1. The number of hydrogen-bond donors (Lipinski definition) is 3. The molecule has 212 valence electrons. The molecule has 3 N–H and O–H groups in total. The van der Waals surface area contributed by atoms with Gasteiger partial charge in [0.25, 0.3) is 10.2 Å². The molecule has 1 aliphatic heterocycles. The molecule has 3 aromatic carbocycles. The van der Waals surface area contributed by atoms with E-state index in [1.807, 2.05) is 73.7 Å². The number of benzene rings is 3. The minimum Gasteiger partial charge on any atom is -0.482 e. The van der Waals surface area contributed by atoms with Crippen molar-refractivity contribution in [2.45, 2.75) is 25.8 Å². The summed E-state index contributed by atoms with van der Waals surface area (Å²) in [7, 11) is -3.88. The summed E-state index contributed by atoms with van der Waals surface area (Å²) in [6.07, 6.45) is 4.83. The van der Waals surface area contributed by atoms with Crippen LogP contribution in [0.15, 0.2) is 60.7 Å². The normalized spacial score (nSPS) is 15.4. The van der Waals surface area contributed by atoms with Crippen LogP contribution < -0.4 is 14.4 Å². The van der Waals surface area contributed by atoms with E-state index in [4.69, 9.17) is 9.84 Å². The number of fused-ring (bicyclic) bond motifs is 1. The van der Waals surface area contributed by atoms with Crippen molar-refractivity contribution in [3.05, 3.63) is 71.8 Å². The van der Waals surface area contributed by atoms with Gasteiger partial charge >= 0.3 is 11.9 Å². The molecule has 11 heteroatoms. The molecule has 0 saturated carbocycles. The summed E-state index contributed by atoms with van der Waals surface area (Å²) < 4.78 is 34.2. The maximum atomic E-state index is 12.7. The van der Waals surface area contributed by atoms with Crippen LogP contribution in [0.3, 0.4) is 0 Å². The van der Waals surface area contributed by atoms with Gasteiger partial charge in [0.15, 0.2) is 6.61 Å². The molecule has 1 atom stereocenters. The molecule has 1 heterocycles. The summed E-state index contributed by atoms with van der Waals surface area (Å²) in [5.74, 6) is -1.68. The Balaban J connectivity index is 1.33. The number of nitrogens with one attached hydrogen (secondary N) is 1. The Morgan fingerprint density at radius 2 is 1.55 bits per heavy atom. The maximum Gasteiger partial charge on any atom is 0.341 e. The fourth-order valence-electron chi connectivity index (χ4n) is 4.53. The third-order valence-electron chi connectivity index (χ3n) is 6.67. The van der Waals surface area contributed by atoms with Crippen molar-refractivity contribution in [1.29, 1.82) is 0 Å². The second kappa shape index (κ2) is 12.9. The highest BCUT2D eigenvalue weighted by molar-refractivity contribution is 7.87. The maximum absolute atomic E-state index is 12.7. The Hall–Kier alpha value is -3.93. The number of carbonyl (C=O) groups is 2. The van der Waals surface area contributed by atoms with Crippen LogP contribution in [0.25, 0.3) is 22.9 Å². The average Bonchev–Trinajstić information content (AvgIpc) is 2.95. The van der Waals surface area contributed by atoms with Gasteiger partial charge < -0.3 is 19.8 Å². The lowest BCUT2D eigenvalue weighted by molar-refractivity contribution is -0.140. The predicted molar refractivity (Wildman–Crippen MR) is 155 cm³/mol. The first kappa shape index (κ1) is 29.1. The molecule has 1 saturated heterocycles. The lowest BCUT2D eigenvalue weighted by Crippen LogP contribution is -2.54. The molecule has 0 unspecified atom stereocenters. The highest BCUT2D eigenvalue weighted by atomic mass is 32.2. The van der Waals surface area contributed by atoms with Gasteiger partial charge in [-0.25, -0.2) is 4.79 Å². The number of carboxylic acid groups (broad SMARTS) is 2. The summed E-state index contributed by atoms with van der Waals surface area (Å²) in [6, 6.07) is 18.4. The topological polar surface area (TPSA) is 136 Å². The standard InChI is InChI=1S/C29H33N3O7S/c1-2-3-27(29(35)36)30-40(37,38)32-16-14-31(15-17-32)25-11-7-21(8-12-25)4-5-22-6-9-24-19-26(39-20-28(33)34)13-10-23(24)18-22/h4-13,18-19,27,30H,2-3,14-17,20H2,1H3,(H,33,34)(H,35,36)/t27-/m0/s1. The molecule has 40 heavy (non-hydrogen) atoms. The smallest absolute Gasteiger partial charge is 0.341 e. The summed E-state index contributed by atoms with van der Waals surface area (Å²) >= 11 is 0. The van der Waals surface area contributed by atoms with E-state index in [0.717, 1.165) is 27.6 Å². The van der Waals surface area contributed by atoms with Gasteiger partial charge in [-0.15, -0.1) is 0 Å². The third-order valence-corrected chi connectivity index (χ3v) is 8.30. The minimum absolute atomic E-state index is 0.239. The molecule has 1 fully saturated rings. The van der Waals surface area contributed by atoms with Crippen molar-refractivity contribution in [2.75, 3.05) is 37.7 Å². The number of hydrogen-bond acceptors (Lipinski definition) is 6. The van der Waals surface area contributed by atoms with E-state index >= 15 is 0 Å². The van der Waals surface area contributed by atoms with E-state index in [2.05, 4.69) is 9.62 Å². The number of aliphatic carboxylic acids is 2. The highest BCUT2D eigenvalue weighted by Crippen LogP contribution is 2.24. The molecule has 1 aliphatic rings. The number of nitrogens with zero attached hydrogens (tertiary/aromatic N) is 2. The van der Waals surface area contributed by atoms with Crippen LogP contribution in [-0.2, 0) is 19.8 Å². The Morgan fingerprint density at radius 1 is 0.925 bits per heavy atom. The van der Waals surface area contributed by atoms with Gasteiger partial charge in [0, 0.05) is 31.9 Å². The van der Waals surface area contributed by atoms with Crippen LogP contribution in [0.4, 0.5) is 5.69 Å². The van der Waals surface area contributed by atoms with Gasteiger partial charge in [-0.1, -0.05) is 55.8 Å². The zero-order valence-electron chi connectivity index (χ0n) is 22.2. The summed E-state index contributed by atoms with van der Waals surface area (Å²) in [5, 5.41) is 20.0. The molecule has 0 spiro atoms. The summed E-state index contributed by atoms with van der Waals surface area (Å²) in [4.78, 5) is 24.2. The van der Waals surface area contributed by atoms with Gasteiger partial charge in [-0.2, -0.15) is 17.4 Å². The molecule has 10 nitrogen and oxygen atoms in total. The zero-order chi connectivity index (χ0) is 28.7. The van der Waals surface area contributed by atoms with Gasteiger partial charge in [-0.3, -0.25) is 4.79 Å². The van der Waals surface area contributed by atoms with Gasteiger partial charge in [0.2, 0.25) is 0 Å². The SMILES string of the molecule is CCC[C@H](NS(=O)(=O)N1CCN(c2ccc(C=Cc3ccc4cc(OCC(=O)O)ccc4c3)cc2)CC1)C(=O)O. The van der Waals surface area contributed by atoms with Crippen molar-refractivity contribution in [3.8, 4) is 5.75 Å². The predicted octanol–water partition coefficient (Wildman–Crippen LogP) is 3.68. The third kappa shape index (κ3) is 7.59. The largest absolute Gasteiger partial charge is 0.482 e. The van der Waals surface area contributed by atoms with Gasteiger partial charge in [0.05, 0.1) is 0 Å². The van der Waals surface area contributed by atoms with Crippen LogP contribution in [0.5, 0.6) is 5.75 Å². The monoisotopic (exact) mass is 567 g/mol. The molecule has 4 rings (SSSR count). The van der Waals surface area contributed by atoms with E-state index in [1.165, 1.54) is 4.31 Å². The van der Waals surface area contributed by atoms with E-state index < -0.39 is 28.2 Å². The average molecular weight is 568 g/mol. The van der Waals surface area contributed by atoms with E-state index in [-0.39, 0.29) is 26.1 Å². The van der Waals surface area contributed by atoms with Crippen molar-refractivity contribution in [1.82, 2.24) is 9.03 Å². The van der Waals surface area contributed by atoms with Crippen LogP contribution in [0, 0.1) is 0 Å². The number of rotatable bonds is 12. The summed E-state index contributed by atoms with van der Waals surface area (Å²) in [6.45, 7) is 2.97. The van der Waals surface area contributed by atoms with Gasteiger partial charge in [0.1, 0.15) is 11.8 Å². The zero-order valence-corrected chi connectivity index (χ0v) is 23.0. The second-order valence-corrected chi connectivity index (χ2v) is 11.3. The molecular weight excluding hydrogens is 534 g/mol. The Labute approximate surface area is 233 Å². The highest BCUT2D eigenvalue weighted by Gasteiger charge is 2.31. The van der Waals surface area contributed by atoms with Crippen LogP contribution >= 0.6 is 0 Å². The molecule has 0 amide bonds. The number of carboxylic acids is 2. The fraction of sp³-hybridized carbons (Fsp3) is 0.310. The first-order valence-electron chi connectivity index (χ1n) is 13.1. The Morgan fingerprint density at radius 3 is 2.20 bits per heavy atom. The number of anilines is 1. The van der Waals surface area contributed by atoms with Crippen molar-refractivity contribution >= 4 is 50.8 Å². The molecular formula is C29H33N3O7S. The number of piperazine rings is 1. The van der Waals surface area contributed by atoms with E-state index in [9.17, 15) is 23.1 Å².